The van der Waals surface area contributed by atoms with Crippen LogP contribution < -0.4 is 18.9 Å². The van der Waals surface area contributed by atoms with E-state index >= 15 is 0 Å². The molecule has 0 bridgehead atoms. The van der Waals surface area contributed by atoms with Gasteiger partial charge in [-0.05, 0) is 35.4 Å². The van der Waals surface area contributed by atoms with Gasteiger partial charge in [0.1, 0.15) is 26.4 Å². The third-order valence-corrected chi connectivity index (χ3v) is 6.58. The number of hydrogen-bond donors (Lipinski definition) is 0. The third-order valence-electron chi connectivity index (χ3n) is 6.58. The molecule has 2 aromatic rings. The molecule has 12 nitrogen and oxygen atoms in total. The highest BCUT2D eigenvalue weighted by Gasteiger charge is 2.09. The molecule has 2 heterocycles. The van der Waals surface area contributed by atoms with Crippen LogP contribution in [-0.2, 0) is 37.9 Å². The molecule has 0 spiro atoms. The molecular weight excluding hydrogens is 600 g/mol. The van der Waals surface area contributed by atoms with E-state index in [1.807, 2.05) is 48.6 Å². The van der Waals surface area contributed by atoms with E-state index in [0.29, 0.717) is 155 Å². The van der Waals surface area contributed by atoms with Crippen molar-refractivity contribution in [2.45, 2.75) is 0 Å². The van der Waals surface area contributed by atoms with Crippen LogP contribution in [0.3, 0.4) is 0 Å². The van der Waals surface area contributed by atoms with Gasteiger partial charge in [0.2, 0.25) is 0 Å². The summed E-state index contributed by atoms with van der Waals surface area (Å²) in [6.45, 7) is 9.35. The number of ether oxygens (including phenoxy) is 12. The zero-order valence-corrected chi connectivity index (χ0v) is 26.7. The zero-order valence-electron chi connectivity index (χ0n) is 26.7. The molecule has 12 heteroatoms. The average Bonchev–Trinajstić information content (AvgIpc) is 3.07. The predicted molar refractivity (Wildman–Crippen MR) is 170 cm³/mol. The molecule has 2 aliphatic rings. The Bertz CT molecular complexity index is 1030. The Kier molecular flexibility index (Phi) is 18.3. The topological polar surface area (TPSA) is 111 Å². The molecule has 0 fully saturated rings. The van der Waals surface area contributed by atoms with E-state index in [1.165, 1.54) is 0 Å². The number of benzene rings is 2. The first-order chi connectivity index (χ1) is 22.9. The van der Waals surface area contributed by atoms with Crippen LogP contribution in [0.1, 0.15) is 11.1 Å². The molecule has 0 amide bonds. The van der Waals surface area contributed by atoms with Gasteiger partial charge in [-0.3, -0.25) is 0 Å². The summed E-state index contributed by atoms with van der Waals surface area (Å²) in [5.74, 6) is 2.54. The van der Waals surface area contributed by atoms with Crippen molar-refractivity contribution in [2.75, 3.05) is 132 Å². The minimum Gasteiger partial charge on any atom is -0.487 e. The molecular formula is C34H48O12. The number of rotatable bonds is 2. The fourth-order valence-corrected chi connectivity index (χ4v) is 4.28. The van der Waals surface area contributed by atoms with Crippen LogP contribution in [0.2, 0.25) is 0 Å². The third kappa shape index (κ3) is 15.1. The molecule has 0 aliphatic carbocycles. The lowest BCUT2D eigenvalue weighted by molar-refractivity contribution is -0.00841. The zero-order chi connectivity index (χ0) is 31.7. The maximum absolute atomic E-state index is 6.05. The van der Waals surface area contributed by atoms with Crippen LogP contribution in [0.5, 0.6) is 23.0 Å². The SMILES string of the molecule is C(=C/c1ccc2c(c1)OCCOCCOCCOCCOCCO2)/c1ccc2c(c1)OCCOCCOCCOCCOCCO2. The van der Waals surface area contributed by atoms with Gasteiger partial charge in [0.15, 0.2) is 23.0 Å². The Morgan fingerprint density at radius 2 is 0.522 bits per heavy atom. The molecule has 256 valence electrons. The second-order valence-corrected chi connectivity index (χ2v) is 10.0. The van der Waals surface area contributed by atoms with Crippen LogP contribution in [0.25, 0.3) is 12.2 Å². The van der Waals surface area contributed by atoms with Crippen LogP contribution >= 0.6 is 0 Å². The first-order valence-corrected chi connectivity index (χ1v) is 16.0. The van der Waals surface area contributed by atoms with E-state index in [0.717, 1.165) is 11.1 Å². The second-order valence-electron chi connectivity index (χ2n) is 10.0. The molecule has 0 N–H and O–H groups in total. The highest BCUT2D eigenvalue weighted by atomic mass is 16.6. The average molecular weight is 649 g/mol. The van der Waals surface area contributed by atoms with Crippen molar-refractivity contribution in [3.8, 4) is 23.0 Å². The molecule has 0 atom stereocenters. The summed E-state index contributed by atoms with van der Waals surface area (Å²) in [6, 6.07) is 11.7. The quantitative estimate of drug-likeness (QED) is 0.445. The largest absolute Gasteiger partial charge is 0.487 e. The lowest BCUT2D eigenvalue weighted by Crippen LogP contribution is -2.16. The first-order valence-electron chi connectivity index (χ1n) is 16.0. The maximum Gasteiger partial charge on any atom is 0.161 e. The molecule has 0 unspecified atom stereocenters. The molecule has 0 radical (unpaired) electrons. The highest BCUT2D eigenvalue weighted by Crippen LogP contribution is 2.31. The molecule has 4 rings (SSSR count). The van der Waals surface area contributed by atoms with Gasteiger partial charge in [-0.25, -0.2) is 0 Å². The minimum atomic E-state index is 0.376. The Morgan fingerprint density at radius 3 is 0.804 bits per heavy atom. The highest BCUT2D eigenvalue weighted by molar-refractivity contribution is 5.72. The van der Waals surface area contributed by atoms with Gasteiger partial charge < -0.3 is 56.8 Å². The van der Waals surface area contributed by atoms with Gasteiger partial charge in [-0.1, -0.05) is 24.3 Å². The number of fused-ring (bicyclic) bond motifs is 2. The fourth-order valence-electron chi connectivity index (χ4n) is 4.28. The summed E-state index contributed by atoms with van der Waals surface area (Å²) >= 11 is 0. The van der Waals surface area contributed by atoms with Crippen molar-refractivity contribution >= 4 is 12.2 Å². The summed E-state index contributed by atoms with van der Waals surface area (Å²) in [6.07, 6.45) is 4.02. The van der Waals surface area contributed by atoms with Gasteiger partial charge in [0.05, 0.1) is 106 Å². The normalized spacial score (nSPS) is 20.1. The van der Waals surface area contributed by atoms with E-state index in [1.54, 1.807) is 0 Å². The monoisotopic (exact) mass is 648 g/mol. The molecule has 0 aromatic heterocycles. The predicted octanol–water partition coefficient (Wildman–Crippen LogP) is 3.53. The molecule has 0 saturated carbocycles. The van der Waals surface area contributed by atoms with Crippen molar-refractivity contribution in [3.05, 3.63) is 47.5 Å². The minimum absolute atomic E-state index is 0.376. The summed E-state index contributed by atoms with van der Waals surface area (Å²) in [5, 5.41) is 0. The van der Waals surface area contributed by atoms with Crippen LogP contribution in [-0.4, -0.2) is 132 Å². The Hall–Kier alpha value is -2.94. The van der Waals surface area contributed by atoms with E-state index in [2.05, 4.69) is 0 Å². The van der Waals surface area contributed by atoms with E-state index in [9.17, 15) is 0 Å². The van der Waals surface area contributed by atoms with E-state index in [-0.39, 0.29) is 0 Å². The maximum atomic E-state index is 6.05. The van der Waals surface area contributed by atoms with Crippen molar-refractivity contribution in [1.29, 1.82) is 0 Å². The summed E-state index contributed by atoms with van der Waals surface area (Å²) in [7, 11) is 0. The summed E-state index contributed by atoms with van der Waals surface area (Å²) in [5.41, 5.74) is 1.89. The molecule has 2 aromatic carbocycles. The number of hydrogen-bond acceptors (Lipinski definition) is 12. The van der Waals surface area contributed by atoms with Gasteiger partial charge in [0.25, 0.3) is 0 Å². The Morgan fingerprint density at radius 1 is 0.283 bits per heavy atom. The van der Waals surface area contributed by atoms with Crippen molar-refractivity contribution in [1.82, 2.24) is 0 Å². The first kappa shape index (κ1) is 35.9. The summed E-state index contributed by atoms with van der Waals surface area (Å²) in [4.78, 5) is 0. The Labute approximate surface area is 271 Å². The van der Waals surface area contributed by atoms with E-state index < -0.39 is 0 Å². The second kappa shape index (κ2) is 23.4. The molecule has 2 aliphatic heterocycles. The lowest BCUT2D eigenvalue weighted by Gasteiger charge is -2.15. The van der Waals surface area contributed by atoms with Crippen LogP contribution in [0.4, 0.5) is 0 Å². The van der Waals surface area contributed by atoms with Gasteiger partial charge >= 0.3 is 0 Å². The molecule has 46 heavy (non-hydrogen) atoms. The standard InChI is InChI=1S/C34H48O12/c1(29-3-5-31-33(27-29)45-25-21-41-17-13-37-9-7-35-11-15-39-19-23-43-31)2-30-4-6-32-34(28-30)46-26-22-42-18-14-38-10-8-36-12-16-40-20-24-44-32/h1-6,27-28H,7-26H2/b2-1-. The fraction of sp³-hybridized carbons (Fsp3) is 0.588. The van der Waals surface area contributed by atoms with Crippen LogP contribution in [0.15, 0.2) is 36.4 Å². The van der Waals surface area contributed by atoms with Gasteiger partial charge in [-0.15, -0.1) is 0 Å². The Balaban J connectivity index is 1.38. The van der Waals surface area contributed by atoms with Crippen molar-refractivity contribution in [2.24, 2.45) is 0 Å². The van der Waals surface area contributed by atoms with Crippen molar-refractivity contribution in [3.63, 3.8) is 0 Å². The smallest absolute Gasteiger partial charge is 0.161 e. The lowest BCUT2D eigenvalue weighted by atomic mass is 10.1. The molecule has 0 saturated heterocycles. The summed E-state index contributed by atoms with van der Waals surface area (Å²) < 4.78 is 68.5. The van der Waals surface area contributed by atoms with E-state index in [4.69, 9.17) is 56.8 Å². The van der Waals surface area contributed by atoms with Gasteiger partial charge in [-0.2, -0.15) is 0 Å². The van der Waals surface area contributed by atoms with Crippen LogP contribution in [0, 0.1) is 0 Å². The van der Waals surface area contributed by atoms with Gasteiger partial charge in [0, 0.05) is 0 Å². The van der Waals surface area contributed by atoms with Crippen molar-refractivity contribution < 1.29 is 56.8 Å².